The van der Waals surface area contributed by atoms with Crippen molar-refractivity contribution in [3.05, 3.63) is 22.2 Å². The van der Waals surface area contributed by atoms with Crippen LogP contribution in [-0.4, -0.2) is 27.4 Å². The van der Waals surface area contributed by atoms with Gasteiger partial charge in [-0.25, -0.2) is 4.79 Å². The number of ether oxygens (including phenoxy) is 1. The van der Waals surface area contributed by atoms with Gasteiger partial charge in [0.25, 0.3) is 0 Å². The van der Waals surface area contributed by atoms with Gasteiger partial charge in [0.15, 0.2) is 12.6 Å². The molecule has 1 aliphatic heterocycles. The molecule has 0 amide bonds. The van der Waals surface area contributed by atoms with Crippen LogP contribution in [0.2, 0.25) is 0 Å². The van der Waals surface area contributed by atoms with E-state index in [1.807, 2.05) is 0 Å². The van der Waals surface area contributed by atoms with Gasteiger partial charge in [-0.1, -0.05) is 0 Å². The van der Waals surface area contributed by atoms with Crippen molar-refractivity contribution in [2.75, 3.05) is 18.7 Å². The van der Waals surface area contributed by atoms with Crippen molar-refractivity contribution in [2.45, 2.75) is 13.2 Å². The van der Waals surface area contributed by atoms with Crippen LogP contribution >= 0.6 is 7.60 Å². The highest BCUT2D eigenvalue weighted by molar-refractivity contribution is 7.52. The molecular formula is C8H12N3O5P. The van der Waals surface area contributed by atoms with Crippen molar-refractivity contribution in [3.8, 4) is 0 Å². The summed E-state index contributed by atoms with van der Waals surface area (Å²) in [5, 5.41) is 0. The molecule has 0 spiro atoms. The van der Waals surface area contributed by atoms with E-state index in [4.69, 9.17) is 19.9 Å². The van der Waals surface area contributed by atoms with Crippen LogP contribution in [0.4, 0.5) is 5.82 Å². The predicted molar refractivity (Wildman–Crippen MR) is 58.4 cm³/mol. The number of anilines is 1. The Balaban J connectivity index is 2.28. The van der Waals surface area contributed by atoms with E-state index < -0.39 is 25.9 Å². The molecule has 0 radical (unpaired) electrons. The molecule has 1 fully saturated rings. The van der Waals surface area contributed by atoms with Crippen LogP contribution in [0.1, 0.15) is 11.8 Å². The van der Waals surface area contributed by atoms with Gasteiger partial charge in [-0.15, -0.1) is 0 Å². The Labute approximate surface area is 96.5 Å². The molecule has 0 saturated carbocycles. The standard InChI is InChI=1S/C8H12N3O5P/c1-5-2-11(8(12)10-7(5)9)6-3-16-17(13,14)4-15-6/h2,6H,3-4H2,1H3,(H,13,14)(H2,9,10,12). The van der Waals surface area contributed by atoms with Crippen molar-refractivity contribution < 1.29 is 18.7 Å². The maximum absolute atomic E-state index is 11.6. The maximum Gasteiger partial charge on any atom is 0.353 e. The fourth-order valence-corrected chi connectivity index (χ4v) is 2.19. The summed E-state index contributed by atoms with van der Waals surface area (Å²) in [6.45, 7) is 1.51. The third-order valence-corrected chi connectivity index (χ3v) is 3.36. The molecule has 9 heteroatoms. The topological polar surface area (TPSA) is 117 Å². The predicted octanol–water partition coefficient (Wildman–Crippen LogP) is -0.178. The zero-order chi connectivity index (χ0) is 12.6. The lowest BCUT2D eigenvalue weighted by Gasteiger charge is -2.27. The molecule has 1 aromatic heterocycles. The first-order valence-electron chi connectivity index (χ1n) is 4.82. The first-order valence-corrected chi connectivity index (χ1v) is 6.58. The van der Waals surface area contributed by atoms with Gasteiger partial charge >= 0.3 is 13.3 Å². The molecular weight excluding hydrogens is 249 g/mol. The Hall–Kier alpha value is -1.21. The normalized spacial score (nSPS) is 29.2. The van der Waals surface area contributed by atoms with E-state index in [1.54, 1.807) is 6.92 Å². The van der Waals surface area contributed by atoms with Crippen molar-refractivity contribution in [1.82, 2.24) is 9.55 Å². The lowest BCUT2D eigenvalue weighted by Crippen LogP contribution is -2.34. The van der Waals surface area contributed by atoms with E-state index in [0.717, 1.165) is 0 Å². The van der Waals surface area contributed by atoms with E-state index in [-0.39, 0.29) is 12.4 Å². The Kier molecular flexibility index (Phi) is 3.05. The second-order valence-electron chi connectivity index (χ2n) is 3.68. The van der Waals surface area contributed by atoms with Crippen molar-refractivity contribution in [3.63, 3.8) is 0 Å². The van der Waals surface area contributed by atoms with Crippen LogP contribution < -0.4 is 11.4 Å². The number of aryl methyl sites for hydroxylation is 1. The lowest BCUT2D eigenvalue weighted by molar-refractivity contribution is -0.0457. The summed E-state index contributed by atoms with van der Waals surface area (Å²) >= 11 is 0. The molecule has 0 bridgehead atoms. The minimum atomic E-state index is -3.66. The average molecular weight is 261 g/mol. The number of nitrogen functional groups attached to an aromatic ring is 1. The van der Waals surface area contributed by atoms with Crippen LogP contribution in [0.15, 0.2) is 11.0 Å². The second-order valence-corrected chi connectivity index (χ2v) is 5.47. The minimum Gasteiger partial charge on any atom is -0.383 e. The number of nitrogens with two attached hydrogens (primary N) is 1. The van der Waals surface area contributed by atoms with Crippen LogP contribution in [0.3, 0.4) is 0 Å². The van der Waals surface area contributed by atoms with E-state index in [2.05, 4.69) is 4.98 Å². The van der Waals surface area contributed by atoms with Gasteiger partial charge in [0.2, 0.25) is 0 Å². The van der Waals surface area contributed by atoms with Gasteiger partial charge in [0.05, 0.1) is 0 Å². The zero-order valence-corrected chi connectivity index (χ0v) is 9.96. The summed E-state index contributed by atoms with van der Waals surface area (Å²) in [7, 11) is -3.66. The van der Waals surface area contributed by atoms with Crippen molar-refractivity contribution >= 4 is 13.4 Å². The number of nitrogens with zero attached hydrogens (tertiary/aromatic N) is 2. The second kappa shape index (κ2) is 4.23. The monoisotopic (exact) mass is 261 g/mol. The van der Waals surface area contributed by atoms with Crippen molar-refractivity contribution in [2.24, 2.45) is 0 Å². The highest BCUT2D eigenvalue weighted by Crippen LogP contribution is 2.46. The average Bonchev–Trinajstić information content (AvgIpc) is 2.24. The molecule has 2 rings (SSSR count). The highest BCUT2D eigenvalue weighted by atomic mass is 31.2. The fourth-order valence-electron chi connectivity index (χ4n) is 1.39. The quantitative estimate of drug-likeness (QED) is 0.673. The van der Waals surface area contributed by atoms with E-state index in [0.29, 0.717) is 5.56 Å². The molecule has 2 atom stereocenters. The number of rotatable bonds is 1. The first-order chi connectivity index (χ1) is 7.89. The Morgan fingerprint density at radius 1 is 1.71 bits per heavy atom. The molecule has 0 aromatic carbocycles. The molecule has 94 valence electrons. The molecule has 17 heavy (non-hydrogen) atoms. The van der Waals surface area contributed by atoms with Crippen molar-refractivity contribution in [1.29, 1.82) is 0 Å². The van der Waals surface area contributed by atoms with Gasteiger partial charge in [0.1, 0.15) is 12.4 Å². The molecule has 2 unspecified atom stereocenters. The van der Waals surface area contributed by atoms with Gasteiger partial charge in [0, 0.05) is 11.8 Å². The maximum atomic E-state index is 11.6. The summed E-state index contributed by atoms with van der Waals surface area (Å²) < 4.78 is 22.1. The Bertz CT molecular complexity index is 530. The number of hydrogen-bond donors (Lipinski definition) is 2. The number of hydrogen-bond acceptors (Lipinski definition) is 6. The van der Waals surface area contributed by atoms with E-state index >= 15 is 0 Å². The smallest absolute Gasteiger partial charge is 0.353 e. The Morgan fingerprint density at radius 2 is 2.41 bits per heavy atom. The molecule has 2 heterocycles. The summed E-state index contributed by atoms with van der Waals surface area (Å²) in [5.74, 6) is 0.149. The van der Waals surface area contributed by atoms with E-state index in [9.17, 15) is 9.36 Å². The summed E-state index contributed by atoms with van der Waals surface area (Å²) in [6, 6.07) is 0. The zero-order valence-electron chi connectivity index (χ0n) is 9.07. The third-order valence-electron chi connectivity index (χ3n) is 2.33. The van der Waals surface area contributed by atoms with Gasteiger partial charge in [-0.2, -0.15) is 4.98 Å². The lowest BCUT2D eigenvalue weighted by atomic mass is 10.3. The fraction of sp³-hybridized carbons (Fsp3) is 0.500. The third kappa shape index (κ3) is 2.55. The molecule has 8 nitrogen and oxygen atoms in total. The highest BCUT2D eigenvalue weighted by Gasteiger charge is 2.31. The van der Waals surface area contributed by atoms with Gasteiger partial charge < -0.3 is 19.9 Å². The number of aromatic nitrogens is 2. The Morgan fingerprint density at radius 3 is 3.00 bits per heavy atom. The molecule has 0 aliphatic carbocycles. The van der Waals surface area contributed by atoms with Crippen LogP contribution in [0.25, 0.3) is 0 Å². The summed E-state index contributed by atoms with van der Waals surface area (Å²) in [6.07, 6.45) is 0.267. The summed E-state index contributed by atoms with van der Waals surface area (Å²) in [4.78, 5) is 24.3. The van der Waals surface area contributed by atoms with Crippen LogP contribution in [0, 0.1) is 6.92 Å². The molecule has 1 aromatic rings. The molecule has 3 N–H and O–H groups in total. The SMILES string of the molecule is Cc1cn(C2COP(=O)(O)CO2)c(=O)nc1N. The van der Waals surface area contributed by atoms with Crippen LogP contribution in [-0.2, 0) is 13.8 Å². The minimum absolute atomic E-state index is 0.149. The summed E-state index contributed by atoms with van der Waals surface area (Å²) in [5.41, 5.74) is 5.51. The first kappa shape index (κ1) is 12.3. The van der Waals surface area contributed by atoms with Gasteiger partial charge in [-0.3, -0.25) is 9.13 Å². The largest absolute Gasteiger partial charge is 0.383 e. The molecule has 1 saturated heterocycles. The van der Waals surface area contributed by atoms with Gasteiger partial charge in [-0.05, 0) is 6.92 Å². The molecule has 1 aliphatic rings. The van der Waals surface area contributed by atoms with Crippen LogP contribution in [0.5, 0.6) is 0 Å². The van der Waals surface area contributed by atoms with E-state index in [1.165, 1.54) is 10.8 Å².